The number of aromatic carboxylic acids is 1. The number of likely N-dealkylation sites (N-methyl/N-ethyl adjacent to an activating group) is 1. The van der Waals surface area contributed by atoms with Crippen LogP contribution < -0.4 is 4.90 Å². The van der Waals surface area contributed by atoms with E-state index in [9.17, 15) is 4.79 Å². The predicted molar refractivity (Wildman–Crippen MR) is 67.0 cm³/mol. The Morgan fingerprint density at radius 3 is 2.89 bits per heavy atom. The number of hydrogen-bond acceptors (Lipinski definition) is 5. The van der Waals surface area contributed by atoms with E-state index >= 15 is 0 Å². The molecule has 0 bridgehead atoms. The van der Waals surface area contributed by atoms with Crippen molar-refractivity contribution >= 4 is 12.0 Å². The van der Waals surface area contributed by atoms with Gasteiger partial charge < -0.3 is 14.4 Å². The molecule has 1 atom stereocenters. The molecule has 1 unspecified atom stereocenters. The molecule has 0 amide bonds. The predicted octanol–water partition coefficient (Wildman–Crippen LogP) is 1.29. The molecule has 0 aliphatic carbocycles. The molecule has 1 aromatic heterocycles. The van der Waals surface area contributed by atoms with Crippen LogP contribution in [-0.4, -0.2) is 53.2 Å². The van der Waals surface area contributed by atoms with Crippen molar-refractivity contribution in [1.29, 1.82) is 0 Å². The summed E-state index contributed by atoms with van der Waals surface area (Å²) in [6, 6.07) is 0.919. The lowest BCUT2D eigenvalue weighted by Crippen LogP contribution is -2.37. The van der Waals surface area contributed by atoms with E-state index in [0.717, 1.165) is 32.6 Å². The molecule has 100 valence electrons. The van der Waals surface area contributed by atoms with E-state index in [1.165, 1.54) is 6.26 Å². The van der Waals surface area contributed by atoms with E-state index in [0.29, 0.717) is 12.1 Å². The summed E-state index contributed by atoms with van der Waals surface area (Å²) in [5.74, 6) is -1.05. The molecule has 0 radical (unpaired) electrons. The average molecular weight is 253 g/mol. The minimum absolute atomic E-state index is 0.0312. The molecule has 0 spiro atoms. The van der Waals surface area contributed by atoms with Crippen molar-refractivity contribution in [2.24, 2.45) is 0 Å². The maximum Gasteiger partial charge on any atom is 0.357 e. The van der Waals surface area contributed by atoms with Gasteiger partial charge >= 0.3 is 5.97 Å². The number of carboxylic acids is 1. The molecule has 6 heteroatoms. The lowest BCUT2D eigenvalue weighted by molar-refractivity contribution is 0.0690. The van der Waals surface area contributed by atoms with Gasteiger partial charge in [0.1, 0.15) is 6.26 Å². The van der Waals surface area contributed by atoms with E-state index in [1.807, 2.05) is 4.90 Å². The standard InChI is InChI=1S/C12H19N3O3/c1-3-14(4-2)9-5-6-15(7-9)12-13-10(8-18-12)11(16)17/h8-9H,3-7H2,1-2H3,(H,16,17). The van der Waals surface area contributed by atoms with Gasteiger partial charge in [-0.15, -0.1) is 0 Å². The lowest BCUT2D eigenvalue weighted by atomic mass is 10.2. The van der Waals surface area contributed by atoms with E-state index in [1.54, 1.807) is 0 Å². The minimum Gasteiger partial charge on any atom is -0.476 e. The zero-order valence-corrected chi connectivity index (χ0v) is 10.8. The largest absolute Gasteiger partial charge is 0.476 e. The maximum atomic E-state index is 10.7. The number of carboxylic acid groups (broad SMARTS) is 1. The number of oxazole rings is 1. The summed E-state index contributed by atoms with van der Waals surface area (Å²) < 4.78 is 5.22. The molecule has 1 aliphatic heterocycles. The van der Waals surface area contributed by atoms with Crippen molar-refractivity contribution in [3.8, 4) is 0 Å². The van der Waals surface area contributed by atoms with Gasteiger partial charge in [-0.25, -0.2) is 4.79 Å². The molecule has 1 aliphatic rings. The highest BCUT2D eigenvalue weighted by Crippen LogP contribution is 2.22. The molecule has 2 rings (SSSR count). The number of hydrogen-bond donors (Lipinski definition) is 1. The van der Waals surface area contributed by atoms with Crippen LogP contribution in [0.25, 0.3) is 0 Å². The van der Waals surface area contributed by atoms with Crippen molar-refractivity contribution < 1.29 is 14.3 Å². The van der Waals surface area contributed by atoms with Crippen LogP contribution in [0.1, 0.15) is 30.8 Å². The van der Waals surface area contributed by atoms with Gasteiger partial charge in [-0.1, -0.05) is 13.8 Å². The molecule has 1 saturated heterocycles. The fourth-order valence-corrected chi connectivity index (χ4v) is 2.46. The SMILES string of the molecule is CCN(CC)C1CCN(c2nc(C(=O)O)co2)C1. The zero-order chi connectivity index (χ0) is 13.1. The maximum absolute atomic E-state index is 10.7. The van der Waals surface area contributed by atoms with Crippen LogP contribution in [0.5, 0.6) is 0 Å². The molecule has 18 heavy (non-hydrogen) atoms. The highest BCUT2D eigenvalue weighted by molar-refractivity contribution is 5.85. The molecule has 1 N–H and O–H groups in total. The fourth-order valence-electron chi connectivity index (χ4n) is 2.46. The second-order valence-corrected chi connectivity index (χ2v) is 4.43. The van der Waals surface area contributed by atoms with Gasteiger partial charge in [-0.3, -0.25) is 4.90 Å². The monoisotopic (exact) mass is 253 g/mol. The third-order valence-corrected chi connectivity index (χ3v) is 3.47. The third-order valence-electron chi connectivity index (χ3n) is 3.47. The first-order valence-corrected chi connectivity index (χ1v) is 6.33. The van der Waals surface area contributed by atoms with Gasteiger partial charge in [0.2, 0.25) is 0 Å². The second kappa shape index (κ2) is 5.39. The van der Waals surface area contributed by atoms with Crippen LogP contribution in [0.15, 0.2) is 10.7 Å². The first kappa shape index (κ1) is 12.9. The summed E-state index contributed by atoms with van der Waals surface area (Å²) in [5.41, 5.74) is -0.0312. The van der Waals surface area contributed by atoms with Crippen molar-refractivity contribution in [3.63, 3.8) is 0 Å². The molecule has 6 nitrogen and oxygen atoms in total. The Labute approximate surface area is 106 Å². The topological polar surface area (TPSA) is 69.8 Å². The first-order valence-electron chi connectivity index (χ1n) is 6.33. The van der Waals surface area contributed by atoms with Gasteiger partial charge in [0.05, 0.1) is 0 Å². The Kier molecular flexibility index (Phi) is 3.86. The van der Waals surface area contributed by atoms with Crippen molar-refractivity contribution in [1.82, 2.24) is 9.88 Å². The van der Waals surface area contributed by atoms with E-state index in [4.69, 9.17) is 9.52 Å². The number of nitrogens with zero attached hydrogens (tertiary/aromatic N) is 3. The summed E-state index contributed by atoms with van der Waals surface area (Å²) in [7, 11) is 0. The van der Waals surface area contributed by atoms with Gasteiger partial charge in [0.15, 0.2) is 5.69 Å². The van der Waals surface area contributed by atoms with Gasteiger partial charge in [-0.05, 0) is 19.5 Å². The van der Waals surface area contributed by atoms with Gasteiger partial charge in [-0.2, -0.15) is 4.98 Å². The van der Waals surface area contributed by atoms with Crippen LogP contribution in [0.4, 0.5) is 6.01 Å². The van der Waals surface area contributed by atoms with Crippen LogP contribution in [-0.2, 0) is 0 Å². The van der Waals surface area contributed by atoms with E-state index in [2.05, 4.69) is 23.7 Å². The molecular formula is C12H19N3O3. The smallest absolute Gasteiger partial charge is 0.357 e. The molecule has 0 saturated carbocycles. The normalized spacial score (nSPS) is 19.7. The summed E-state index contributed by atoms with van der Waals surface area (Å²) in [4.78, 5) is 19.1. The van der Waals surface area contributed by atoms with Gasteiger partial charge in [0, 0.05) is 19.1 Å². The fraction of sp³-hybridized carbons (Fsp3) is 0.667. The first-order chi connectivity index (χ1) is 8.65. The molecule has 1 fully saturated rings. The molecule has 0 aromatic carbocycles. The highest BCUT2D eigenvalue weighted by atomic mass is 16.4. The van der Waals surface area contributed by atoms with Crippen LogP contribution >= 0.6 is 0 Å². The van der Waals surface area contributed by atoms with Crippen LogP contribution in [0.3, 0.4) is 0 Å². The summed E-state index contributed by atoms with van der Waals surface area (Å²) in [5, 5.41) is 8.81. The minimum atomic E-state index is -1.05. The van der Waals surface area contributed by atoms with E-state index < -0.39 is 5.97 Å². The Bertz CT molecular complexity index is 414. The Balaban J connectivity index is 2.01. The Morgan fingerprint density at radius 2 is 2.33 bits per heavy atom. The van der Waals surface area contributed by atoms with Crippen molar-refractivity contribution in [2.45, 2.75) is 26.3 Å². The lowest BCUT2D eigenvalue weighted by Gasteiger charge is -2.25. The average Bonchev–Trinajstić information content (AvgIpc) is 2.98. The third kappa shape index (κ3) is 2.48. The number of carbonyl (C=O) groups is 1. The summed E-state index contributed by atoms with van der Waals surface area (Å²) in [6.45, 7) is 8.07. The number of rotatable bonds is 5. The number of anilines is 1. The van der Waals surface area contributed by atoms with Crippen LogP contribution in [0.2, 0.25) is 0 Å². The summed E-state index contributed by atoms with van der Waals surface area (Å²) >= 11 is 0. The number of aromatic nitrogens is 1. The molecular weight excluding hydrogens is 234 g/mol. The zero-order valence-electron chi connectivity index (χ0n) is 10.8. The Hall–Kier alpha value is -1.56. The van der Waals surface area contributed by atoms with Crippen molar-refractivity contribution in [2.75, 3.05) is 31.1 Å². The quantitative estimate of drug-likeness (QED) is 0.852. The summed E-state index contributed by atoms with van der Waals surface area (Å²) in [6.07, 6.45) is 2.26. The Morgan fingerprint density at radius 1 is 1.61 bits per heavy atom. The van der Waals surface area contributed by atoms with Crippen molar-refractivity contribution in [3.05, 3.63) is 12.0 Å². The second-order valence-electron chi connectivity index (χ2n) is 4.43. The van der Waals surface area contributed by atoms with Gasteiger partial charge in [0.25, 0.3) is 6.01 Å². The van der Waals surface area contributed by atoms with E-state index in [-0.39, 0.29) is 5.69 Å². The molecule has 1 aromatic rings. The molecule has 2 heterocycles. The highest BCUT2D eigenvalue weighted by Gasteiger charge is 2.29. The van der Waals surface area contributed by atoms with Crippen LogP contribution in [0, 0.1) is 0 Å².